The molecule has 7 nitrogen and oxygen atoms in total. The molecule has 0 radical (unpaired) electrons. The van der Waals surface area contributed by atoms with Crippen molar-refractivity contribution in [2.45, 2.75) is 12.5 Å². The maximum absolute atomic E-state index is 12.3. The molecule has 0 spiro atoms. The molecule has 8 heteroatoms. The van der Waals surface area contributed by atoms with Crippen LogP contribution >= 0.6 is 11.3 Å². The second kappa shape index (κ2) is 6.17. The fourth-order valence-electron chi connectivity index (χ4n) is 2.22. The fraction of sp³-hybridized carbons (Fsp3) is 0.200. The van der Waals surface area contributed by atoms with Gasteiger partial charge >= 0.3 is 12.0 Å². The van der Waals surface area contributed by atoms with Gasteiger partial charge in [0.05, 0.1) is 13.5 Å². The third-order valence-corrected chi connectivity index (χ3v) is 4.24. The minimum Gasteiger partial charge on any atom is -0.469 e. The molecule has 1 aliphatic rings. The Bertz CT molecular complexity index is 759. The van der Waals surface area contributed by atoms with E-state index in [0.717, 1.165) is 10.5 Å². The molecule has 3 rings (SSSR count). The zero-order chi connectivity index (χ0) is 16.4. The summed E-state index contributed by atoms with van der Waals surface area (Å²) in [6, 6.07) is 7.95. The maximum atomic E-state index is 12.3. The normalized spacial score (nSPS) is 17.3. The molecule has 118 valence electrons. The van der Waals surface area contributed by atoms with Crippen LogP contribution in [0.2, 0.25) is 0 Å². The quantitative estimate of drug-likeness (QED) is 0.682. The highest BCUT2D eigenvalue weighted by atomic mass is 32.1. The van der Waals surface area contributed by atoms with Crippen molar-refractivity contribution in [3.63, 3.8) is 0 Å². The summed E-state index contributed by atoms with van der Waals surface area (Å²) in [6.07, 6.45) is -0.201. The molecule has 1 aromatic carbocycles. The summed E-state index contributed by atoms with van der Waals surface area (Å²) in [7, 11) is 1.23. The van der Waals surface area contributed by atoms with Crippen LogP contribution in [0, 0.1) is 0 Å². The Labute approximate surface area is 135 Å². The molecule has 0 saturated carbocycles. The van der Waals surface area contributed by atoms with Gasteiger partial charge in [-0.05, 0) is 0 Å². The number of thiazole rings is 1. The Balaban J connectivity index is 1.82. The van der Waals surface area contributed by atoms with Gasteiger partial charge in [0.15, 0.2) is 5.82 Å². The van der Waals surface area contributed by atoms with E-state index in [1.165, 1.54) is 18.4 Å². The van der Waals surface area contributed by atoms with E-state index in [4.69, 9.17) is 0 Å². The number of esters is 1. The van der Waals surface area contributed by atoms with E-state index >= 15 is 0 Å². The highest BCUT2D eigenvalue weighted by Crippen LogP contribution is 2.29. The third-order valence-electron chi connectivity index (χ3n) is 3.36. The lowest BCUT2D eigenvalue weighted by Gasteiger charge is -2.09. The van der Waals surface area contributed by atoms with Crippen LogP contribution in [0.15, 0.2) is 35.7 Å². The van der Waals surface area contributed by atoms with Gasteiger partial charge in [-0.25, -0.2) is 14.7 Å². The molecule has 1 N–H and O–H groups in total. The molecule has 3 amide bonds. The number of urea groups is 1. The Hall–Kier alpha value is -2.74. The summed E-state index contributed by atoms with van der Waals surface area (Å²) in [5.74, 6) is -0.817. The predicted octanol–water partition coefficient (Wildman–Crippen LogP) is 1.80. The van der Waals surface area contributed by atoms with Crippen molar-refractivity contribution < 1.29 is 19.1 Å². The highest BCUT2D eigenvalue weighted by Gasteiger charge is 2.41. The van der Waals surface area contributed by atoms with Crippen molar-refractivity contribution in [2.75, 3.05) is 12.0 Å². The molecule has 0 aliphatic carbocycles. The zero-order valence-electron chi connectivity index (χ0n) is 12.2. The van der Waals surface area contributed by atoms with Crippen molar-refractivity contribution >= 4 is 35.1 Å². The van der Waals surface area contributed by atoms with Gasteiger partial charge in [0.2, 0.25) is 0 Å². The summed E-state index contributed by atoms with van der Waals surface area (Å²) < 4.78 is 4.52. The Morgan fingerprint density at radius 2 is 2.09 bits per heavy atom. The van der Waals surface area contributed by atoms with Crippen molar-refractivity contribution in [1.29, 1.82) is 0 Å². The van der Waals surface area contributed by atoms with E-state index in [1.54, 1.807) is 5.38 Å². The number of aromatic nitrogens is 1. The van der Waals surface area contributed by atoms with Gasteiger partial charge in [0.1, 0.15) is 11.0 Å². The van der Waals surface area contributed by atoms with E-state index < -0.39 is 23.9 Å². The minimum atomic E-state index is -0.920. The van der Waals surface area contributed by atoms with Crippen LogP contribution in [0.4, 0.5) is 10.6 Å². The van der Waals surface area contributed by atoms with Crippen molar-refractivity contribution in [2.24, 2.45) is 0 Å². The van der Waals surface area contributed by atoms with Crippen LogP contribution in [0.3, 0.4) is 0 Å². The average molecular weight is 331 g/mol. The highest BCUT2D eigenvalue weighted by molar-refractivity contribution is 7.13. The number of amides is 3. The lowest BCUT2D eigenvalue weighted by molar-refractivity contribution is -0.142. The minimum absolute atomic E-state index is 0.201. The topological polar surface area (TPSA) is 88.6 Å². The van der Waals surface area contributed by atoms with Crippen LogP contribution in [0.25, 0.3) is 10.6 Å². The van der Waals surface area contributed by atoms with Crippen molar-refractivity contribution in [3.8, 4) is 10.6 Å². The number of carbonyl (C=O) groups is 3. The molecular weight excluding hydrogens is 318 g/mol. The number of hydrogen-bond acceptors (Lipinski definition) is 6. The molecule has 2 aromatic rings. The van der Waals surface area contributed by atoms with Gasteiger partial charge in [0.25, 0.3) is 5.91 Å². The zero-order valence-corrected chi connectivity index (χ0v) is 13.0. The number of imide groups is 1. The molecule has 1 saturated heterocycles. The number of hydrogen-bond donors (Lipinski definition) is 1. The first-order valence-electron chi connectivity index (χ1n) is 6.82. The van der Waals surface area contributed by atoms with Crippen LogP contribution < -0.4 is 10.2 Å². The second-order valence-electron chi connectivity index (χ2n) is 4.83. The fourth-order valence-corrected chi connectivity index (χ4v) is 3.01. The lowest BCUT2D eigenvalue weighted by Crippen LogP contribution is -2.33. The molecule has 1 unspecified atom stereocenters. The van der Waals surface area contributed by atoms with E-state index in [-0.39, 0.29) is 12.2 Å². The monoisotopic (exact) mass is 331 g/mol. The first-order valence-corrected chi connectivity index (χ1v) is 7.70. The predicted molar refractivity (Wildman–Crippen MR) is 84.0 cm³/mol. The number of benzene rings is 1. The van der Waals surface area contributed by atoms with Crippen LogP contribution in [0.5, 0.6) is 0 Å². The smallest absolute Gasteiger partial charge is 0.330 e. The molecule has 23 heavy (non-hydrogen) atoms. The Kier molecular flexibility index (Phi) is 4.07. The summed E-state index contributed by atoms with van der Waals surface area (Å²) in [5.41, 5.74) is 0.905. The molecule has 1 atom stereocenters. The van der Waals surface area contributed by atoms with E-state index in [1.807, 2.05) is 30.3 Å². The van der Waals surface area contributed by atoms with Gasteiger partial charge < -0.3 is 10.1 Å². The summed E-state index contributed by atoms with van der Waals surface area (Å²) in [5, 5.41) is 4.81. The number of carbonyl (C=O) groups excluding carboxylic acids is 3. The van der Waals surface area contributed by atoms with Gasteiger partial charge in [-0.2, -0.15) is 0 Å². The number of nitrogens with zero attached hydrogens (tertiary/aromatic N) is 2. The molecule has 1 aromatic heterocycles. The SMILES string of the molecule is COC(=O)CC1NC(=O)N(c2csc(-c3ccccc3)n2)C1=O. The lowest BCUT2D eigenvalue weighted by atomic mass is 10.2. The molecule has 2 heterocycles. The largest absolute Gasteiger partial charge is 0.469 e. The third kappa shape index (κ3) is 2.93. The van der Waals surface area contributed by atoms with Crippen LogP contribution in [-0.4, -0.2) is 36.0 Å². The van der Waals surface area contributed by atoms with E-state index in [9.17, 15) is 14.4 Å². The second-order valence-corrected chi connectivity index (χ2v) is 5.69. The number of nitrogens with one attached hydrogen (secondary N) is 1. The van der Waals surface area contributed by atoms with Gasteiger partial charge in [-0.3, -0.25) is 9.59 Å². The molecule has 1 fully saturated rings. The standard InChI is InChI=1S/C15H13N3O4S/c1-22-12(19)7-10-14(20)18(15(21)16-10)11-8-23-13(17-11)9-5-3-2-4-6-9/h2-6,8,10H,7H2,1H3,(H,16,21). The summed E-state index contributed by atoms with van der Waals surface area (Å²) in [4.78, 5) is 40.9. The summed E-state index contributed by atoms with van der Waals surface area (Å²) in [6.45, 7) is 0. The first-order chi connectivity index (χ1) is 11.1. The van der Waals surface area contributed by atoms with Crippen molar-refractivity contribution in [3.05, 3.63) is 35.7 Å². The number of methoxy groups -OCH3 is 1. The number of ether oxygens (including phenoxy) is 1. The molecular formula is C15H13N3O4S. The van der Waals surface area contributed by atoms with E-state index in [0.29, 0.717) is 5.01 Å². The van der Waals surface area contributed by atoms with Gasteiger partial charge in [-0.15, -0.1) is 11.3 Å². The molecule has 1 aliphatic heterocycles. The Morgan fingerprint density at radius 3 is 2.78 bits per heavy atom. The number of rotatable bonds is 4. The number of anilines is 1. The average Bonchev–Trinajstić information content (AvgIpc) is 3.13. The Morgan fingerprint density at radius 1 is 1.35 bits per heavy atom. The first kappa shape index (κ1) is 15.2. The van der Waals surface area contributed by atoms with E-state index in [2.05, 4.69) is 15.0 Å². The van der Waals surface area contributed by atoms with Gasteiger partial charge in [-0.1, -0.05) is 30.3 Å². The maximum Gasteiger partial charge on any atom is 0.330 e. The summed E-state index contributed by atoms with van der Waals surface area (Å²) >= 11 is 1.34. The van der Waals surface area contributed by atoms with Crippen LogP contribution in [0.1, 0.15) is 6.42 Å². The van der Waals surface area contributed by atoms with Crippen LogP contribution in [-0.2, 0) is 14.3 Å². The van der Waals surface area contributed by atoms with Crippen molar-refractivity contribution in [1.82, 2.24) is 10.3 Å². The molecule has 0 bridgehead atoms. The van der Waals surface area contributed by atoms with Gasteiger partial charge in [0, 0.05) is 10.9 Å².